The van der Waals surface area contributed by atoms with Crippen LogP contribution in [0.1, 0.15) is 33.1 Å². The van der Waals surface area contributed by atoms with Crippen molar-refractivity contribution in [3.05, 3.63) is 0 Å². The Morgan fingerprint density at radius 1 is 1.27 bits per heavy atom. The second-order valence-corrected chi connectivity index (χ2v) is 4.58. The minimum absolute atomic E-state index is 0.888. The molecule has 0 aromatic carbocycles. The van der Waals surface area contributed by atoms with E-state index in [1.165, 1.54) is 19.3 Å². The summed E-state index contributed by atoms with van der Waals surface area (Å²) < 4.78 is 0. The van der Waals surface area contributed by atoms with E-state index in [1.807, 2.05) is 0 Å². The molecule has 0 radical (unpaired) electrons. The first kappa shape index (κ1) is 9.05. The maximum Gasteiger partial charge on any atom is 0.00944 e. The van der Waals surface area contributed by atoms with E-state index >= 15 is 0 Å². The Bertz CT molecular complexity index is 112. The summed E-state index contributed by atoms with van der Waals surface area (Å²) in [6.07, 6.45) is 4.31. The Balaban J connectivity index is 2.09. The Kier molecular flexibility index (Phi) is 2.94. The van der Waals surface area contributed by atoms with Gasteiger partial charge in [0.15, 0.2) is 0 Å². The maximum atomic E-state index is 2.36. The highest BCUT2D eigenvalue weighted by molar-refractivity contribution is 4.84. The summed E-state index contributed by atoms with van der Waals surface area (Å²) in [4.78, 5) is 2.36. The van der Waals surface area contributed by atoms with Crippen molar-refractivity contribution in [1.82, 2.24) is 4.90 Å². The van der Waals surface area contributed by atoms with Crippen LogP contribution < -0.4 is 0 Å². The van der Waals surface area contributed by atoms with E-state index in [1.54, 1.807) is 0 Å². The van der Waals surface area contributed by atoms with Gasteiger partial charge in [0.2, 0.25) is 0 Å². The quantitative estimate of drug-likeness (QED) is 0.605. The average Bonchev–Trinajstić information content (AvgIpc) is 1.75. The van der Waals surface area contributed by atoms with E-state index in [-0.39, 0.29) is 0 Å². The van der Waals surface area contributed by atoms with Crippen LogP contribution in [-0.4, -0.2) is 25.0 Å². The molecule has 1 rings (SSSR count). The molecule has 0 atom stereocenters. The van der Waals surface area contributed by atoms with Crippen LogP contribution in [-0.2, 0) is 0 Å². The molecule has 0 amide bonds. The fourth-order valence-corrected chi connectivity index (χ4v) is 1.98. The van der Waals surface area contributed by atoms with Crippen LogP contribution >= 0.6 is 0 Å². The molecule has 1 fully saturated rings. The molecule has 0 saturated heterocycles. The first-order valence-corrected chi connectivity index (χ1v) is 4.76. The zero-order chi connectivity index (χ0) is 8.43. The van der Waals surface area contributed by atoms with Gasteiger partial charge in [-0.3, -0.25) is 0 Å². The van der Waals surface area contributed by atoms with Crippen molar-refractivity contribution in [2.75, 3.05) is 14.1 Å². The lowest BCUT2D eigenvalue weighted by Crippen LogP contribution is -2.40. The van der Waals surface area contributed by atoms with E-state index in [9.17, 15) is 0 Å². The van der Waals surface area contributed by atoms with Crippen molar-refractivity contribution in [2.24, 2.45) is 11.8 Å². The lowest BCUT2D eigenvalue weighted by atomic mass is 9.75. The molecular formula is C10H21N. The van der Waals surface area contributed by atoms with E-state index in [0.717, 1.165) is 17.9 Å². The minimum Gasteiger partial charge on any atom is -0.306 e. The summed E-state index contributed by atoms with van der Waals surface area (Å²) in [6.45, 7) is 4.64. The van der Waals surface area contributed by atoms with E-state index in [0.29, 0.717) is 0 Å². The Morgan fingerprint density at radius 2 is 1.82 bits per heavy atom. The predicted octanol–water partition coefficient (Wildman–Crippen LogP) is 2.37. The fraction of sp³-hybridized carbons (Fsp3) is 1.00. The molecule has 11 heavy (non-hydrogen) atoms. The molecule has 1 aliphatic rings. The molecule has 0 aliphatic heterocycles. The average molecular weight is 155 g/mol. The predicted molar refractivity (Wildman–Crippen MR) is 49.7 cm³/mol. The lowest BCUT2D eigenvalue weighted by Gasteiger charge is -2.40. The van der Waals surface area contributed by atoms with Crippen LogP contribution in [0.5, 0.6) is 0 Å². The highest BCUT2D eigenvalue weighted by Crippen LogP contribution is 2.34. The van der Waals surface area contributed by atoms with Crippen molar-refractivity contribution in [2.45, 2.75) is 39.2 Å². The van der Waals surface area contributed by atoms with Crippen LogP contribution in [0.15, 0.2) is 0 Å². The molecule has 0 unspecified atom stereocenters. The zero-order valence-corrected chi connectivity index (χ0v) is 8.30. The Hall–Kier alpha value is -0.0400. The van der Waals surface area contributed by atoms with Gasteiger partial charge in [-0.2, -0.15) is 0 Å². The number of rotatable bonds is 3. The Morgan fingerprint density at radius 3 is 2.18 bits per heavy atom. The third-order valence-electron chi connectivity index (χ3n) is 2.75. The topological polar surface area (TPSA) is 3.24 Å². The Labute approximate surface area is 70.8 Å². The summed E-state index contributed by atoms with van der Waals surface area (Å²) >= 11 is 0. The second-order valence-electron chi connectivity index (χ2n) is 4.58. The summed E-state index contributed by atoms with van der Waals surface area (Å²) in [5, 5.41) is 0. The van der Waals surface area contributed by atoms with Gasteiger partial charge in [0.05, 0.1) is 0 Å². The molecular weight excluding hydrogens is 134 g/mol. The van der Waals surface area contributed by atoms with Gasteiger partial charge in [-0.25, -0.2) is 0 Å². The van der Waals surface area contributed by atoms with Gasteiger partial charge >= 0.3 is 0 Å². The number of hydrogen-bond donors (Lipinski definition) is 0. The molecule has 0 aromatic heterocycles. The molecule has 0 aromatic rings. The maximum absolute atomic E-state index is 2.36. The largest absolute Gasteiger partial charge is 0.306 e. The molecule has 1 heteroatoms. The minimum atomic E-state index is 0.888. The SMILES string of the molecule is CC(C)CC1CC(N(C)C)C1. The molecule has 0 heterocycles. The van der Waals surface area contributed by atoms with Crippen molar-refractivity contribution < 1.29 is 0 Å². The van der Waals surface area contributed by atoms with Gasteiger partial charge in [0, 0.05) is 6.04 Å². The summed E-state index contributed by atoms with van der Waals surface area (Å²) in [5.74, 6) is 1.92. The van der Waals surface area contributed by atoms with E-state index in [4.69, 9.17) is 0 Å². The molecule has 1 nitrogen and oxygen atoms in total. The number of nitrogens with zero attached hydrogens (tertiary/aromatic N) is 1. The second kappa shape index (κ2) is 3.57. The first-order valence-electron chi connectivity index (χ1n) is 4.76. The molecule has 1 saturated carbocycles. The van der Waals surface area contributed by atoms with Crippen LogP contribution in [0.2, 0.25) is 0 Å². The van der Waals surface area contributed by atoms with Crippen LogP contribution in [0, 0.1) is 11.8 Å². The van der Waals surface area contributed by atoms with Crippen molar-refractivity contribution in [3.63, 3.8) is 0 Å². The van der Waals surface area contributed by atoms with E-state index < -0.39 is 0 Å². The van der Waals surface area contributed by atoms with Gasteiger partial charge in [-0.1, -0.05) is 13.8 Å². The zero-order valence-electron chi connectivity index (χ0n) is 8.30. The smallest absolute Gasteiger partial charge is 0.00944 e. The van der Waals surface area contributed by atoms with Gasteiger partial charge < -0.3 is 4.90 Å². The van der Waals surface area contributed by atoms with Crippen LogP contribution in [0.4, 0.5) is 0 Å². The van der Waals surface area contributed by atoms with Gasteiger partial charge in [-0.15, -0.1) is 0 Å². The van der Waals surface area contributed by atoms with Crippen molar-refractivity contribution in [1.29, 1.82) is 0 Å². The first-order chi connectivity index (χ1) is 5.09. The normalized spacial score (nSPS) is 31.1. The van der Waals surface area contributed by atoms with Crippen molar-refractivity contribution in [3.8, 4) is 0 Å². The third kappa shape index (κ3) is 2.48. The van der Waals surface area contributed by atoms with E-state index in [2.05, 4.69) is 32.8 Å². The third-order valence-corrected chi connectivity index (χ3v) is 2.75. The molecule has 0 bridgehead atoms. The molecule has 0 spiro atoms. The summed E-state index contributed by atoms with van der Waals surface area (Å²) in [7, 11) is 4.38. The van der Waals surface area contributed by atoms with Gasteiger partial charge in [-0.05, 0) is 45.2 Å². The van der Waals surface area contributed by atoms with Crippen LogP contribution in [0.25, 0.3) is 0 Å². The van der Waals surface area contributed by atoms with Gasteiger partial charge in [0.1, 0.15) is 0 Å². The van der Waals surface area contributed by atoms with Crippen LogP contribution in [0.3, 0.4) is 0 Å². The highest BCUT2D eigenvalue weighted by Gasteiger charge is 2.30. The lowest BCUT2D eigenvalue weighted by molar-refractivity contribution is 0.108. The highest BCUT2D eigenvalue weighted by atomic mass is 15.1. The molecule has 0 N–H and O–H groups in total. The molecule has 1 aliphatic carbocycles. The van der Waals surface area contributed by atoms with Gasteiger partial charge in [0.25, 0.3) is 0 Å². The number of hydrogen-bond acceptors (Lipinski definition) is 1. The fourth-order valence-electron chi connectivity index (χ4n) is 1.98. The monoisotopic (exact) mass is 155 g/mol. The summed E-state index contributed by atoms with van der Waals surface area (Å²) in [5.41, 5.74) is 0. The summed E-state index contributed by atoms with van der Waals surface area (Å²) in [6, 6.07) is 0.888. The van der Waals surface area contributed by atoms with Crippen molar-refractivity contribution >= 4 is 0 Å². The standard InChI is InChI=1S/C10H21N/c1-8(2)5-9-6-10(7-9)11(3)4/h8-10H,5-7H2,1-4H3. The molecule has 66 valence electrons.